The van der Waals surface area contributed by atoms with Crippen molar-refractivity contribution >= 4 is 39.7 Å². The van der Waals surface area contributed by atoms with E-state index in [4.69, 9.17) is 0 Å². The molecule has 2 aliphatic carbocycles. The number of benzene rings is 8. The van der Waals surface area contributed by atoms with Crippen LogP contribution < -0.4 is 14.7 Å². The minimum Gasteiger partial charge on any atom is -0.333 e. The Morgan fingerprint density at radius 1 is 0.449 bits per heavy atom. The maximum atomic E-state index is 4.50. The summed E-state index contributed by atoms with van der Waals surface area (Å²) in [6, 6.07) is 71.3. The van der Waals surface area contributed by atoms with Crippen LogP contribution in [0.4, 0.5) is 34.1 Å². The first-order valence-corrected chi connectivity index (χ1v) is 24.1. The summed E-state index contributed by atoms with van der Waals surface area (Å²) in [5.74, 6) is 0.288. The summed E-state index contributed by atoms with van der Waals surface area (Å²) in [6.07, 6.45) is 26.5. The van der Waals surface area contributed by atoms with Crippen molar-refractivity contribution in [3.05, 3.63) is 284 Å². The van der Waals surface area contributed by atoms with Crippen LogP contribution in [0, 0.1) is 0 Å². The van der Waals surface area contributed by atoms with Gasteiger partial charge in [0.1, 0.15) is 0 Å². The van der Waals surface area contributed by atoms with E-state index in [0.717, 1.165) is 69.0 Å². The van der Waals surface area contributed by atoms with Crippen LogP contribution in [-0.2, 0) is 0 Å². The Morgan fingerprint density at radius 3 is 1.70 bits per heavy atom. The van der Waals surface area contributed by atoms with Gasteiger partial charge >= 0.3 is 0 Å². The van der Waals surface area contributed by atoms with Crippen LogP contribution in [0.15, 0.2) is 273 Å². The molecule has 0 saturated heterocycles. The normalized spacial score (nSPS) is 17.6. The van der Waals surface area contributed by atoms with Gasteiger partial charge in [-0.15, -0.1) is 0 Å². The second-order valence-electron chi connectivity index (χ2n) is 18.1. The van der Waals surface area contributed by atoms with Gasteiger partial charge in [0.2, 0.25) is 0 Å². The van der Waals surface area contributed by atoms with Crippen LogP contribution in [0.1, 0.15) is 29.9 Å². The van der Waals surface area contributed by atoms with Gasteiger partial charge in [-0.1, -0.05) is 170 Å². The van der Waals surface area contributed by atoms with E-state index in [-0.39, 0.29) is 12.0 Å². The van der Waals surface area contributed by atoms with Gasteiger partial charge in [-0.3, -0.25) is 0 Å². The fourth-order valence-corrected chi connectivity index (χ4v) is 10.5. The molecule has 0 amide bonds. The maximum absolute atomic E-state index is 4.50. The van der Waals surface area contributed by atoms with Crippen molar-refractivity contribution < 1.29 is 0 Å². The Morgan fingerprint density at radius 2 is 1.01 bits per heavy atom. The van der Waals surface area contributed by atoms with Gasteiger partial charge in [-0.2, -0.15) is 0 Å². The van der Waals surface area contributed by atoms with Crippen LogP contribution in [0.3, 0.4) is 0 Å². The lowest BCUT2D eigenvalue weighted by Crippen LogP contribution is -2.28. The zero-order valence-corrected chi connectivity index (χ0v) is 38.4. The lowest BCUT2D eigenvalue weighted by Gasteiger charge is -2.28. The van der Waals surface area contributed by atoms with E-state index < -0.39 is 0 Å². The van der Waals surface area contributed by atoms with Gasteiger partial charge in [-0.05, 0) is 160 Å². The van der Waals surface area contributed by atoms with Gasteiger partial charge in [-0.25, -0.2) is 0 Å². The molecule has 2 unspecified atom stereocenters. The van der Waals surface area contributed by atoms with Gasteiger partial charge in [0.05, 0.1) is 11.7 Å². The molecule has 69 heavy (non-hydrogen) atoms. The summed E-state index contributed by atoms with van der Waals surface area (Å²) in [7, 11) is 0. The molecule has 8 aromatic carbocycles. The van der Waals surface area contributed by atoms with Gasteiger partial charge in [0.15, 0.2) is 0 Å². The van der Waals surface area contributed by atoms with Crippen molar-refractivity contribution in [2.75, 3.05) is 14.7 Å². The van der Waals surface area contributed by atoms with E-state index in [1.54, 1.807) is 0 Å². The summed E-state index contributed by atoms with van der Waals surface area (Å²) in [4.78, 5) is 7.18. The topological polar surface area (TPSA) is 9.72 Å². The predicted octanol–water partition coefficient (Wildman–Crippen LogP) is 17.7. The van der Waals surface area contributed by atoms with Gasteiger partial charge in [0, 0.05) is 51.8 Å². The van der Waals surface area contributed by atoms with Crippen molar-refractivity contribution in [1.82, 2.24) is 0 Å². The quantitative estimate of drug-likeness (QED) is 0.143. The molecule has 8 aromatic rings. The monoisotopic (exact) mass is 885 g/mol. The highest BCUT2D eigenvalue weighted by molar-refractivity contribution is 5.90. The number of hydrogen-bond acceptors (Lipinski definition) is 3. The molecule has 0 saturated carbocycles. The largest absolute Gasteiger partial charge is 0.333 e. The third kappa shape index (κ3) is 8.09. The Hall–Kier alpha value is -8.66. The number of rotatable bonds is 9. The van der Waals surface area contributed by atoms with Crippen LogP contribution >= 0.6 is 0 Å². The van der Waals surface area contributed by atoms with Crippen molar-refractivity contribution in [2.24, 2.45) is 0 Å². The molecule has 0 aromatic heterocycles. The number of fused-ring (bicyclic) bond motifs is 4. The fourth-order valence-electron chi connectivity index (χ4n) is 10.5. The predicted molar refractivity (Wildman–Crippen MR) is 293 cm³/mol. The summed E-state index contributed by atoms with van der Waals surface area (Å²) in [6.45, 7) is 4.50. The average Bonchev–Trinajstić information content (AvgIpc) is 3.75. The third-order valence-electron chi connectivity index (χ3n) is 13.9. The highest BCUT2D eigenvalue weighted by Crippen LogP contribution is 2.49. The van der Waals surface area contributed by atoms with E-state index in [1.807, 2.05) is 0 Å². The SMILES string of the molecule is C=C1/C=C\C=C/N(C2=CCCC=C2)c2cc(-c3cc(-c4ccc(N(c5ccccc5)c5ccc(-c6ccccc6)cc5)cc4)cc(-c4ccc5c(c4)N(c4ccccc4)C4C=CC=CC54)c3)ccc21. The van der Waals surface area contributed by atoms with Crippen LogP contribution in [-0.4, -0.2) is 6.04 Å². The van der Waals surface area contributed by atoms with E-state index >= 15 is 0 Å². The first-order valence-electron chi connectivity index (χ1n) is 24.1. The molecular formula is C66H51N3. The molecule has 2 heterocycles. The maximum Gasteiger partial charge on any atom is 0.0629 e. The Labute approximate surface area is 406 Å². The molecule has 0 radical (unpaired) electrons. The van der Waals surface area contributed by atoms with Crippen molar-refractivity contribution in [1.29, 1.82) is 0 Å². The molecular weight excluding hydrogens is 835 g/mol. The number of hydrogen-bond donors (Lipinski definition) is 0. The molecule has 0 bridgehead atoms. The summed E-state index contributed by atoms with van der Waals surface area (Å²) >= 11 is 0. The molecule has 4 aliphatic rings. The second-order valence-corrected chi connectivity index (χ2v) is 18.1. The van der Waals surface area contributed by atoms with E-state index in [9.17, 15) is 0 Å². The lowest BCUT2D eigenvalue weighted by atomic mass is 9.89. The highest BCUT2D eigenvalue weighted by atomic mass is 15.2. The van der Waals surface area contributed by atoms with E-state index in [0.29, 0.717) is 0 Å². The van der Waals surface area contributed by atoms with Crippen LogP contribution in [0.5, 0.6) is 0 Å². The smallest absolute Gasteiger partial charge is 0.0629 e. The molecule has 330 valence electrons. The summed E-state index contributed by atoms with van der Waals surface area (Å²) in [5.41, 5.74) is 20.9. The third-order valence-corrected chi connectivity index (χ3v) is 13.9. The molecule has 0 fully saturated rings. The standard InChI is InChI=1S/C66H51N3/c1-47-18-16-17-41-67(56-21-8-3-9-22-56)65-45-51(33-39-61(47)65)54-42-53(43-55(44-54)52-34-40-63-62-27-14-15-28-64(62)69(66(63)46-52)58-25-12-5-13-26-58)50-31-37-60(38-32-50)68(57-23-10-4-11-24-57)59-35-29-49(30-36-59)48-19-6-2-7-20-48/h2,4-8,10-46,62,64H,1,3,9H2/b18-16-,41-17-. The van der Waals surface area contributed by atoms with E-state index in [2.05, 4.69) is 282 Å². The Bertz CT molecular complexity index is 3390. The minimum atomic E-state index is 0.222. The highest BCUT2D eigenvalue weighted by Gasteiger charge is 2.37. The number of allylic oxidation sites excluding steroid dienone is 9. The molecule has 2 atom stereocenters. The first-order chi connectivity index (χ1) is 34.1. The molecule has 3 heteroatoms. The minimum absolute atomic E-state index is 0.222. The lowest BCUT2D eigenvalue weighted by molar-refractivity contribution is 0.745. The van der Waals surface area contributed by atoms with E-state index in [1.165, 1.54) is 44.9 Å². The molecule has 12 rings (SSSR count). The van der Waals surface area contributed by atoms with Gasteiger partial charge in [0.25, 0.3) is 0 Å². The average molecular weight is 886 g/mol. The molecule has 0 N–H and O–H groups in total. The zero-order chi connectivity index (χ0) is 46.1. The summed E-state index contributed by atoms with van der Waals surface area (Å²) < 4.78 is 0. The first kappa shape index (κ1) is 41.7. The van der Waals surface area contributed by atoms with Crippen molar-refractivity contribution in [3.63, 3.8) is 0 Å². The molecule has 2 aliphatic heterocycles. The van der Waals surface area contributed by atoms with Crippen molar-refractivity contribution in [2.45, 2.75) is 24.8 Å². The fraction of sp³-hybridized carbons (Fsp3) is 0.0606. The molecule has 0 spiro atoms. The number of anilines is 6. The summed E-state index contributed by atoms with van der Waals surface area (Å²) in [5, 5.41) is 0. The molecule has 3 nitrogen and oxygen atoms in total. The number of nitrogens with zero attached hydrogens (tertiary/aromatic N) is 3. The van der Waals surface area contributed by atoms with Gasteiger partial charge < -0.3 is 14.7 Å². The van der Waals surface area contributed by atoms with Crippen LogP contribution in [0.25, 0.3) is 50.1 Å². The Kier molecular flexibility index (Phi) is 11.0. The Balaban J connectivity index is 0.984. The number of para-hydroxylation sites is 2. The van der Waals surface area contributed by atoms with Crippen LogP contribution in [0.2, 0.25) is 0 Å². The second kappa shape index (κ2) is 18.2. The zero-order valence-electron chi connectivity index (χ0n) is 38.4. The van der Waals surface area contributed by atoms with Crippen molar-refractivity contribution in [3.8, 4) is 44.5 Å².